The van der Waals surface area contributed by atoms with Crippen LogP contribution in [0.2, 0.25) is 0 Å². The molecule has 2 aromatic heterocycles. The van der Waals surface area contributed by atoms with E-state index in [9.17, 15) is 4.79 Å². The summed E-state index contributed by atoms with van der Waals surface area (Å²) in [5.74, 6) is 1.72. The van der Waals surface area contributed by atoms with Gasteiger partial charge in [-0.05, 0) is 43.5 Å². The Kier molecular flexibility index (Phi) is 5.23. The first-order valence-electron chi connectivity index (χ1n) is 9.77. The summed E-state index contributed by atoms with van der Waals surface area (Å²) in [5.41, 5.74) is 0.954. The third-order valence-electron chi connectivity index (χ3n) is 5.46. The Morgan fingerprint density at radius 3 is 2.78 bits per heavy atom. The van der Waals surface area contributed by atoms with Gasteiger partial charge in [-0.2, -0.15) is 0 Å². The number of likely N-dealkylation sites (tertiary alicyclic amines) is 1. The van der Waals surface area contributed by atoms with Crippen LogP contribution in [0.5, 0.6) is 5.75 Å². The number of rotatable bonds is 5. The smallest absolute Gasteiger partial charge is 0.230 e. The summed E-state index contributed by atoms with van der Waals surface area (Å²) in [5, 5.41) is 0. The highest BCUT2D eigenvalue weighted by Gasteiger charge is 2.31. The molecule has 1 amide bonds. The van der Waals surface area contributed by atoms with Crippen molar-refractivity contribution in [3.05, 3.63) is 48.4 Å². The minimum absolute atomic E-state index is 0.0144. The van der Waals surface area contributed by atoms with Crippen molar-refractivity contribution in [2.45, 2.75) is 38.2 Å². The first-order valence-corrected chi connectivity index (χ1v) is 9.77. The molecule has 0 N–H and O–H groups in total. The van der Waals surface area contributed by atoms with Crippen LogP contribution >= 0.6 is 0 Å². The summed E-state index contributed by atoms with van der Waals surface area (Å²) in [4.78, 5) is 25.7. The SMILES string of the molecule is C[C@@H](C(=O)N1CC[C@H](Oc2cccnc2N2CCCC2)C1)c1cccnc1. The van der Waals surface area contributed by atoms with Crippen molar-refractivity contribution in [3.8, 4) is 5.75 Å². The zero-order valence-electron chi connectivity index (χ0n) is 15.8. The molecule has 0 saturated carbocycles. The van der Waals surface area contributed by atoms with Crippen molar-refractivity contribution < 1.29 is 9.53 Å². The van der Waals surface area contributed by atoms with Crippen LogP contribution in [-0.4, -0.2) is 53.1 Å². The summed E-state index contributed by atoms with van der Waals surface area (Å²) in [6.07, 6.45) is 8.58. The van der Waals surface area contributed by atoms with E-state index >= 15 is 0 Å². The van der Waals surface area contributed by atoms with Gasteiger partial charge in [-0.3, -0.25) is 9.78 Å². The molecule has 0 unspecified atom stereocenters. The number of anilines is 1. The summed E-state index contributed by atoms with van der Waals surface area (Å²) < 4.78 is 6.27. The number of carbonyl (C=O) groups is 1. The van der Waals surface area contributed by atoms with Crippen LogP contribution in [-0.2, 0) is 4.79 Å². The number of hydrogen-bond acceptors (Lipinski definition) is 5. The fourth-order valence-electron chi connectivity index (χ4n) is 3.89. The molecule has 2 atom stereocenters. The lowest BCUT2D eigenvalue weighted by atomic mass is 10.0. The fraction of sp³-hybridized carbons (Fsp3) is 0.476. The zero-order valence-corrected chi connectivity index (χ0v) is 15.8. The molecule has 2 saturated heterocycles. The molecule has 2 aromatic rings. The van der Waals surface area contributed by atoms with E-state index in [4.69, 9.17) is 4.74 Å². The van der Waals surface area contributed by atoms with Gasteiger partial charge in [-0.1, -0.05) is 6.07 Å². The van der Waals surface area contributed by atoms with Gasteiger partial charge in [0.25, 0.3) is 0 Å². The molecule has 4 rings (SSSR count). The van der Waals surface area contributed by atoms with Crippen LogP contribution < -0.4 is 9.64 Å². The minimum atomic E-state index is -0.184. The van der Waals surface area contributed by atoms with E-state index in [1.807, 2.05) is 42.3 Å². The van der Waals surface area contributed by atoms with Crippen molar-refractivity contribution >= 4 is 11.7 Å². The van der Waals surface area contributed by atoms with Gasteiger partial charge >= 0.3 is 0 Å². The van der Waals surface area contributed by atoms with Gasteiger partial charge < -0.3 is 14.5 Å². The number of pyridine rings is 2. The summed E-state index contributed by atoms with van der Waals surface area (Å²) in [6.45, 7) is 5.36. The topological polar surface area (TPSA) is 58.6 Å². The number of ether oxygens (including phenoxy) is 1. The number of carbonyl (C=O) groups excluding carboxylic acids is 1. The van der Waals surface area contributed by atoms with Crippen LogP contribution in [0, 0.1) is 0 Å². The van der Waals surface area contributed by atoms with E-state index in [1.165, 1.54) is 12.8 Å². The molecule has 142 valence electrons. The molecule has 0 spiro atoms. The highest BCUT2D eigenvalue weighted by molar-refractivity contribution is 5.83. The Hall–Kier alpha value is -2.63. The molecule has 0 bridgehead atoms. The van der Waals surface area contributed by atoms with Crippen LogP contribution in [0.1, 0.15) is 37.7 Å². The van der Waals surface area contributed by atoms with Gasteiger partial charge in [-0.15, -0.1) is 0 Å². The highest BCUT2D eigenvalue weighted by Crippen LogP contribution is 2.31. The summed E-state index contributed by atoms with van der Waals surface area (Å²) in [7, 11) is 0. The molecule has 2 fully saturated rings. The monoisotopic (exact) mass is 366 g/mol. The second kappa shape index (κ2) is 7.94. The minimum Gasteiger partial charge on any atom is -0.485 e. The van der Waals surface area contributed by atoms with Crippen LogP contribution in [0.3, 0.4) is 0 Å². The summed E-state index contributed by atoms with van der Waals surface area (Å²) >= 11 is 0. The number of hydrogen-bond donors (Lipinski definition) is 0. The van der Waals surface area contributed by atoms with Crippen molar-refractivity contribution in [2.75, 3.05) is 31.1 Å². The number of nitrogens with zero attached hydrogens (tertiary/aromatic N) is 4. The van der Waals surface area contributed by atoms with E-state index in [1.54, 1.807) is 12.4 Å². The lowest BCUT2D eigenvalue weighted by molar-refractivity contribution is -0.131. The van der Waals surface area contributed by atoms with Crippen molar-refractivity contribution in [3.63, 3.8) is 0 Å². The number of amides is 1. The Bertz CT molecular complexity index is 777. The molecular weight excluding hydrogens is 340 g/mol. The zero-order chi connectivity index (χ0) is 18.6. The van der Waals surface area contributed by atoms with Gasteiger partial charge in [-0.25, -0.2) is 4.98 Å². The molecule has 27 heavy (non-hydrogen) atoms. The Morgan fingerprint density at radius 1 is 1.19 bits per heavy atom. The van der Waals surface area contributed by atoms with Crippen molar-refractivity contribution in [1.82, 2.24) is 14.9 Å². The van der Waals surface area contributed by atoms with E-state index in [0.29, 0.717) is 6.54 Å². The third-order valence-corrected chi connectivity index (χ3v) is 5.46. The predicted molar refractivity (Wildman–Crippen MR) is 104 cm³/mol. The Morgan fingerprint density at radius 2 is 2.00 bits per heavy atom. The van der Waals surface area contributed by atoms with Crippen LogP contribution in [0.25, 0.3) is 0 Å². The molecule has 0 aromatic carbocycles. The van der Waals surface area contributed by atoms with Gasteiger partial charge in [0.2, 0.25) is 5.91 Å². The quantitative estimate of drug-likeness (QED) is 0.814. The average molecular weight is 366 g/mol. The molecule has 0 radical (unpaired) electrons. The molecule has 2 aliphatic heterocycles. The van der Waals surface area contributed by atoms with Gasteiger partial charge in [0.15, 0.2) is 11.6 Å². The molecule has 2 aliphatic rings. The van der Waals surface area contributed by atoms with E-state index in [0.717, 1.165) is 43.2 Å². The van der Waals surface area contributed by atoms with Gasteiger partial charge in [0.05, 0.1) is 12.5 Å². The highest BCUT2D eigenvalue weighted by atomic mass is 16.5. The maximum Gasteiger partial charge on any atom is 0.230 e. The van der Waals surface area contributed by atoms with Crippen LogP contribution in [0.15, 0.2) is 42.9 Å². The van der Waals surface area contributed by atoms with Gasteiger partial charge in [0.1, 0.15) is 6.10 Å². The van der Waals surface area contributed by atoms with E-state index in [2.05, 4.69) is 14.9 Å². The van der Waals surface area contributed by atoms with Crippen molar-refractivity contribution in [1.29, 1.82) is 0 Å². The standard InChI is InChI=1S/C21H26N4O2/c1-16(17-6-4-9-22-14-17)21(26)25-13-8-18(15-25)27-19-7-5-10-23-20(19)24-11-2-3-12-24/h4-7,9-10,14,16,18H,2-3,8,11-13,15H2,1H3/t16-,18+/m1/s1. The fourth-order valence-corrected chi connectivity index (χ4v) is 3.89. The largest absolute Gasteiger partial charge is 0.485 e. The second-order valence-electron chi connectivity index (χ2n) is 7.34. The van der Waals surface area contributed by atoms with Gasteiger partial charge in [0, 0.05) is 44.6 Å². The third kappa shape index (κ3) is 3.89. The maximum absolute atomic E-state index is 12.8. The lowest BCUT2D eigenvalue weighted by Gasteiger charge is -2.23. The molecule has 0 aliphatic carbocycles. The molecule has 6 heteroatoms. The maximum atomic E-state index is 12.8. The Balaban J connectivity index is 1.40. The number of aromatic nitrogens is 2. The predicted octanol–water partition coefficient (Wildman–Crippen LogP) is 2.86. The second-order valence-corrected chi connectivity index (χ2v) is 7.34. The first-order chi connectivity index (χ1) is 13.2. The lowest BCUT2D eigenvalue weighted by Crippen LogP contribution is -2.34. The molecule has 6 nitrogen and oxygen atoms in total. The summed E-state index contributed by atoms with van der Waals surface area (Å²) in [6, 6.07) is 7.73. The first kappa shape index (κ1) is 17.8. The molecule has 4 heterocycles. The van der Waals surface area contributed by atoms with Crippen LogP contribution in [0.4, 0.5) is 5.82 Å². The van der Waals surface area contributed by atoms with E-state index in [-0.39, 0.29) is 17.9 Å². The van der Waals surface area contributed by atoms with E-state index < -0.39 is 0 Å². The normalized spacial score (nSPS) is 20.7. The van der Waals surface area contributed by atoms with Crippen molar-refractivity contribution in [2.24, 2.45) is 0 Å². The Labute approximate surface area is 160 Å². The molecular formula is C21H26N4O2. The average Bonchev–Trinajstić information content (AvgIpc) is 3.40.